The molecule has 1 fully saturated rings. The van der Waals surface area contributed by atoms with Crippen molar-refractivity contribution in [2.24, 2.45) is 0 Å². The van der Waals surface area contributed by atoms with Crippen molar-refractivity contribution >= 4 is 17.1 Å². The molecule has 0 unspecified atom stereocenters. The molecule has 104 valence electrons. The maximum absolute atomic E-state index is 11.5. The van der Waals surface area contributed by atoms with Crippen LogP contribution in [0, 0.1) is 6.92 Å². The van der Waals surface area contributed by atoms with Crippen LogP contribution in [0.1, 0.15) is 5.56 Å². The third-order valence-corrected chi connectivity index (χ3v) is 3.97. The number of nitrogen functional groups attached to an aromatic ring is 1. The Labute approximate surface area is 116 Å². The molecule has 0 bridgehead atoms. The van der Waals surface area contributed by atoms with Crippen LogP contribution >= 0.6 is 0 Å². The summed E-state index contributed by atoms with van der Waals surface area (Å²) in [5.41, 5.74) is 7.65. The third kappa shape index (κ3) is 1.86. The van der Waals surface area contributed by atoms with Gasteiger partial charge in [-0.3, -0.25) is 9.59 Å². The Kier molecular flexibility index (Phi) is 2.97. The Morgan fingerprint density at radius 3 is 2.15 bits per heavy atom. The quantitative estimate of drug-likeness (QED) is 0.806. The number of para-hydroxylation sites is 1. The first kappa shape index (κ1) is 12.7. The summed E-state index contributed by atoms with van der Waals surface area (Å²) in [6, 6.07) is 8.26. The van der Waals surface area contributed by atoms with E-state index in [9.17, 15) is 9.59 Å². The second kappa shape index (κ2) is 4.67. The van der Waals surface area contributed by atoms with Crippen LogP contribution in [0.25, 0.3) is 0 Å². The summed E-state index contributed by atoms with van der Waals surface area (Å²) < 4.78 is 0. The van der Waals surface area contributed by atoms with Gasteiger partial charge in [-0.25, -0.2) is 0 Å². The molecule has 0 amide bonds. The van der Waals surface area contributed by atoms with Gasteiger partial charge in [-0.2, -0.15) is 0 Å². The highest BCUT2D eigenvalue weighted by atomic mass is 16.2. The minimum absolute atomic E-state index is 0.124. The second-order valence-electron chi connectivity index (χ2n) is 5.18. The molecule has 2 aromatic carbocycles. The maximum atomic E-state index is 11.5. The number of aryl methyl sites for hydroxylation is 1. The van der Waals surface area contributed by atoms with E-state index in [1.165, 1.54) is 11.3 Å². The second-order valence-corrected chi connectivity index (χ2v) is 5.18. The Bertz CT molecular complexity index is 708. The molecule has 1 aliphatic heterocycles. The summed E-state index contributed by atoms with van der Waals surface area (Å²) in [6.45, 7) is 5.16. The largest absolute Gasteiger partial charge is 0.394 e. The zero-order valence-corrected chi connectivity index (χ0v) is 11.4. The first-order valence-electron chi connectivity index (χ1n) is 6.74. The van der Waals surface area contributed by atoms with Crippen LogP contribution < -0.4 is 26.4 Å². The summed E-state index contributed by atoms with van der Waals surface area (Å²) in [5, 5.41) is 0. The molecule has 0 radical (unpaired) electrons. The number of hydrogen-bond acceptors (Lipinski definition) is 5. The van der Waals surface area contributed by atoms with Crippen LogP contribution in [0.2, 0.25) is 0 Å². The van der Waals surface area contributed by atoms with Crippen molar-refractivity contribution in [2.45, 2.75) is 6.92 Å². The van der Waals surface area contributed by atoms with Gasteiger partial charge in [0.05, 0.1) is 0 Å². The lowest BCUT2D eigenvalue weighted by atomic mass is 10.1. The summed E-state index contributed by atoms with van der Waals surface area (Å²) in [4.78, 5) is 26.9. The van der Waals surface area contributed by atoms with Crippen molar-refractivity contribution in [3.8, 4) is 0 Å². The number of benzene rings is 1. The van der Waals surface area contributed by atoms with Gasteiger partial charge in [0.15, 0.2) is 0 Å². The SMILES string of the molecule is Cc1ccccc1N1CCN(c2c(N)c(=O)c2=O)CC1. The van der Waals surface area contributed by atoms with Crippen LogP contribution in [-0.4, -0.2) is 26.2 Å². The average Bonchev–Trinajstić information content (AvgIpc) is 2.48. The molecule has 1 heterocycles. The first-order chi connectivity index (χ1) is 9.59. The molecular weight excluding hydrogens is 254 g/mol. The minimum Gasteiger partial charge on any atom is -0.394 e. The zero-order valence-electron chi connectivity index (χ0n) is 11.4. The molecular formula is C15H17N3O2. The van der Waals surface area contributed by atoms with Crippen molar-refractivity contribution in [3.05, 3.63) is 50.3 Å². The van der Waals surface area contributed by atoms with Gasteiger partial charge in [0.1, 0.15) is 11.4 Å². The molecule has 0 saturated carbocycles. The van der Waals surface area contributed by atoms with Crippen LogP contribution in [-0.2, 0) is 0 Å². The fourth-order valence-electron chi connectivity index (χ4n) is 2.80. The molecule has 5 heteroatoms. The number of rotatable bonds is 2. The van der Waals surface area contributed by atoms with Crippen molar-refractivity contribution in [2.75, 3.05) is 41.7 Å². The zero-order chi connectivity index (χ0) is 14.3. The van der Waals surface area contributed by atoms with Gasteiger partial charge >= 0.3 is 0 Å². The van der Waals surface area contributed by atoms with Gasteiger partial charge < -0.3 is 15.5 Å². The Balaban J connectivity index is 1.74. The van der Waals surface area contributed by atoms with Crippen molar-refractivity contribution in [1.82, 2.24) is 0 Å². The van der Waals surface area contributed by atoms with E-state index in [0.29, 0.717) is 18.8 Å². The lowest BCUT2D eigenvalue weighted by Gasteiger charge is -2.38. The van der Waals surface area contributed by atoms with E-state index < -0.39 is 10.9 Å². The fraction of sp³-hybridized carbons (Fsp3) is 0.333. The highest BCUT2D eigenvalue weighted by Crippen LogP contribution is 2.23. The molecule has 0 aliphatic carbocycles. The predicted molar refractivity (Wildman–Crippen MR) is 81.4 cm³/mol. The van der Waals surface area contributed by atoms with Crippen LogP contribution in [0.3, 0.4) is 0 Å². The molecule has 2 aromatic rings. The van der Waals surface area contributed by atoms with Gasteiger partial charge in [-0.15, -0.1) is 0 Å². The molecule has 1 saturated heterocycles. The monoisotopic (exact) mass is 271 g/mol. The van der Waals surface area contributed by atoms with Crippen molar-refractivity contribution in [3.63, 3.8) is 0 Å². The average molecular weight is 271 g/mol. The van der Waals surface area contributed by atoms with Crippen molar-refractivity contribution < 1.29 is 0 Å². The molecule has 3 rings (SSSR count). The highest BCUT2D eigenvalue weighted by Gasteiger charge is 2.27. The highest BCUT2D eigenvalue weighted by molar-refractivity contribution is 5.73. The van der Waals surface area contributed by atoms with E-state index in [0.717, 1.165) is 13.1 Å². The Morgan fingerprint density at radius 2 is 1.55 bits per heavy atom. The van der Waals surface area contributed by atoms with Crippen LogP contribution in [0.4, 0.5) is 17.1 Å². The van der Waals surface area contributed by atoms with Gasteiger partial charge in [-0.1, -0.05) is 18.2 Å². The van der Waals surface area contributed by atoms with E-state index >= 15 is 0 Å². The van der Waals surface area contributed by atoms with Crippen LogP contribution in [0.5, 0.6) is 0 Å². The van der Waals surface area contributed by atoms with Crippen LogP contribution in [0.15, 0.2) is 33.9 Å². The molecule has 2 N–H and O–H groups in total. The van der Waals surface area contributed by atoms with Gasteiger partial charge in [-0.05, 0) is 18.6 Å². The lowest BCUT2D eigenvalue weighted by molar-refractivity contribution is 0.650. The summed E-state index contributed by atoms with van der Waals surface area (Å²) >= 11 is 0. The minimum atomic E-state index is -0.540. The van der Waals surface area contributed by atoms with E-state index in [1.54, 1.807) is 0 Å². The number of nitrogens with two attached hydrogens (primary N) is 1. The van der Waals surface area contributed by atoms with E-state index in [-0.39, 0.29) is 5.69 Å². The molecule has 1 aliphatic rings. The van der Waals surface area contributed by atoms with E-state index in [1.807, 2.05) is 17.0 Å². The third-order valence-electron chi connectivity index (χ3n) is 3.97. The number of anilines is 3. The van der Waals surface area contributed by atoms with Gasteiger partial charge in [0.25, 0.3) is 10.9 Å². The van der Waals surface area contributed by atoms with Gasteiger partial charge in [0, 0.05) is 31.9 Å². The summed E-state index contributed by atoms with van der Waals surface area (Å²) in [5.74, 6) is 0. The number of hydrogen-bond donors (Lipinski definition) is 1. The van der Waals surface area contributed by atoms with E-state index in [4.69, 9.17) is 5.73 Å². The maximum Gasteiger partial charge on any atom is 0.253 e. The molecule has 0 aromatic heterocycles. The number of piperazine rings is 1. The molecule has 0 spiro atoms. The lowest BCUT2D eigenvalue weighted by Crippen LogP contribution is -2.51. The standard InChI is InChI=1S/C15H17N3O2/c1-10-4-2-3-5-11(10)17-6-8-18(9-7-17)13-12(16)14(19)15(13)20/h2-5H,6-9,16H2,1H3. The Morgan fingerprint density at radius 1 is 0.950 bits per heavy atom. The fourth-order valence-corrected chi connectivity index (χ4v) is 2.80. The van der Waals surface area contributed by atoms with E-state index in [2.05, 4.69) is 24.0 Å². The normalized spacial score (nSPS) is 15.8. The van der Waals surface area contributed by atoms with Crippen molar-refractivity contribution in [1.29, 1.82) is 0 Å². The summed E-state index contributed by atoms with van der Waals surface area (Å²) in [6.07, 6.45) is 0. The Hall–Kier alpha value is -2.30. The molecule has 5 nitrogen and oxygen atoms in total. The smallest absolute Gasteiger partial charge is 0.253 e. The predicted octanol–water partition coefficient (Wildman–Crippen LogP) is 0.500. The first-order valence-corrected chi connectivity index (χ1v) is 6.74. The summed E-state index contributed by atoms with van der Waals surface area (Å²) in [7, 11) is 0. The molecule has 0 atom stereocenters. The number of nitrogens with zero attached hydrogens (tertiary/aromatic N) is 2. The van der Waals surface area contributed by atoms with Gasteiger partial charge in [0.2, 0.25) is 0 Å². The topological polar surface area (TPSA) is 66.6 Å². The molecule has 20 heavy (non-hydrogen) atoms.